The highest BCUT2D eigenvalue weighted by Crippen LogP contribution is 2.46. The Labute approximate surface area is 225 Å². The molecule has 4 unspecified atom stereocenters. The van der Waals surface area contributed by atoms with E-state index < -0.39 is 102 Å². The molecule has 0 saturated heterocycles. The molecule has 41 heavy (non-hydrogen) atoms. The van der Waals surface area contributed by atoms with Crippen molar-refractivity contribution >= 4 is 0 Å². The lowest BCUT2D eigenvalue weighted by molar-refractivity contribution is -0.232. The Balaban J connectivity index is 1.61. The minimum absolute atomic E-state index is 0.0101. The lowest BCUT2D eigenvalue weighted by atomic mass is 9.85. The Morgan fingerprint density at radius 3 is 2.10 bits per heavy atom. The highest BCUT2D eigenvalue weighted by molar-refractivity contribution is 5.52. The molecule has 0 aromatic carbocycles. The summed E-state index contributed by atoms with van der Waals surface area (Å²) in [4.78, 5) is 0. The SMILES string of the molecule is CC1=CC=C(C2=C=CC(F)=C(C3=CC(F)=C(C(F)(F)OC4C=C(F)C(C(F)(F)F)=C(F)C4)C(F)C3)C(F)C2)C(F)C1. The molecule has 0 aliphatic heterocycles. The van der Waals surface area contributed by atoms with E-state index in [9.17, 15) is 48.3 Å². The Kier molecular flexibility index (Phi) is 8.44. The largest absolute Gasteiger partial charge is 0.421 e. The zero-order chi connectivity index (χ0) is 30.4. The zero-order valence-electron chi connectivity index (χ0n) is 21.0. The third-order valence-corrected chi connectivity index (χ3v) is 6.80. The first-order valence-corrected chi connectivity index (χ1v) is 12.1. The molecule has 4 rings (SSSR count). The maximum Gasteiger partial charge on any atom is 0.421 e. The second kappa shape index (κ2) is 11.2. The highest BCUT2D eigenvalue weighted by atomic mass is 19.4. The third kappa shape index (κ3) is 6.35. The Morgan fingerprint density at radius 1 is 0.829 bits per heavy atom. The second-order valence-corrected chi connectivity index (χ2v) is 9.78. The molecule has 222 valence electrons. The molecule has 0 amide bonds. The molecule has 1 nitrogen and oxygen atoms in total. The predicted molar refractivity (Wildman–Crippen MR) is 124 cm³/mol. The van der Waals surface area contributed by atoms with Gasteiger partial charge < -0.3 is 4.74 Å². The number of rotatable bonds is 5. The van der Waals surface area contributed by atoms with Gasteiger partial charge in [0.25, 0.3) is 0 Å². The monoisotopic (exact) mass is 600 g/mol. The summed E-state index contributed by atoms with van der Waals surface area (Å²) >= 11 is 0. The van der Waals surface area contributed by atoms with Crippen molar-refractivity contribution in [2.24, 2.45) is 0 Å². The summed E-state index contributed by atoms with van der Waals surface area (Å²) in [6, 6.07) is 0. The summed E-state index contributed by atoms with van der Waals surface area (Å²) < 4.78 is 174. The fourth-order valence-corrected chi connectivity index (χ4v) is 4.94. The van der Waals surface area contributed by atoms with Gasteiger partial charge in [0.1, 0.15) is 47.4 Å². The smallest absolute Gasteiger partial charge is 0.309 e. The van der Waals surface area contributed by atoms with Crippen molar-refractivity contribution in [3.05, 3.63) is 98.4 Å². The van der Waals surface area contributed by atoms with Crippen LogP contribution in [0.15, 0.2) is 98.4 Å². The summed E-state index contributed by atoms with van der Waals surface area (Å²) in [7, 11) is 0. The van der Waals surface area contributed by atoms with Crippen LogP contribution in [0.4, 0.5) is 52.7 Å². The molecule has 0 aromatic heterocycles. The number of alkyl halides is 8. The van der Waals surface area contributed by atoms with Gasteiger partial charge in [-0.3, -0.25) is 0 Å². The number of hydrogen-bond donors (Lipinski definition) is 0. The van der Waals surface area contributed by atoms with Crippen molar-refractivity contribution in [3.63, 3.8) is 0 Å². The van der Waals surface area contributed by atoms with Crippen molar-refractivity contribution in [1.82, 2.24) is 0 Å². The van der Waals surface area contributed by atoms with Crippen molar-refractivity contribution in [2.75, 3.05) is 0 Å². The summed E-state index contributed by atoms with van der Waals surface area (Å²) in [6.45, 7) is 1.67. The summed E-state index contributed by atoms with van der Waals surface area (Å²) in [6.07, 6.45) is -19.1. The van der Waals surface area contributed by atoms with E-state index >= 15 is 4.39 Å². The van der Waals surface area contributed by atoms with E-state index in [1.807, 2.05) is 0 Å². The van der Waals surface area contributed by atoms with Crippen LogP contribution in [0.25, 0.3) is 0 Å². The van der Waals surface area contributed by atoms with Crippen LogP contribution in [0.5, 0.6) is 0 Å². The van der Waals surface area contributed by atoms with E-state index in [0.717, 1.165) is 0 Å². The van der Waals surface area contributed by atoms with Crippen LogP contribution >= 0.6 is 0 Å². The molecular weight excluding hydrogens is 580 g/mol. The van der Waals surface area contributed by atoms with Gasteiger partial charge in [-0.05, 0) is 30.2 Å². The van der Waals surface area contributed by atoms with E-state index in [1.165, 1.54) is 6.08 Å². The van der Waals surface area contributed by atoms with Crippen LogP contribution < -0.4 is 0 Å². The quantitative estimate of drug-likeness (QED) is 0.226. The molecule has 13 heteroatoms. The maximum absolute atomic E-state index is 15.3. The molecule has 0 N–H and O–H groups in total. The average molecular weight is 600 g/mol. The molecule has 0 aromatic rings. The lowest BCUT2D eigenvalue weighted by Crippen LogP contribution is -2.36. The van der Waals surface area contributed by atoms with E-state index in [2.05, 4.69) is 10.5 Å². The molecule has 0 saturated carbocycles. The minimum Gasteiger partial charge on any atom is -0.309 e. The van der Waals surface area contributed by atoms with E-state index in [4.69, 9.17) is 0 Å². The molecule has 0 bridgehead atoms. The molecule has 4 aliphatic carbocycles. The van der Waals surface area contributed by atoms with Crippen molar-refractivity contribution in [1.29, 1.82) is 0 Å². The van der Waals surface area contributed by atoms with Gasteiger partial charge in [-0.2, -0.15) is 22.0 Å². The van der Waals surface area contributed by atoms with Gasteiger partial charge in [0.2, 0.25) is 0 Å². The van der Waals surface area contributed by atoms with Gasteiger partial charge >= 0.3 is 12.3 Å². The number of hydrogen-bond acceptors (Lipinski definition) is 1. The van der Waals surface area contributed by atoms with Gasteiger partial charge in [0, 0.05) is 42.9 Å². The van der Waals surface area contributed by atoms with E-state index in [1.54, 1.807) is 13.0 Å². The molecule has 0 fully saturated rings. The zero-order valence-corrected chi connectivity index (χ0v) is 21.0. The first-order valence-electron chi connectivity index (χ1n) is 12.1. The Morgan fingerprint density at radius 2 is 1.51 bits per heavy atom. The van der Waals surface area contributed by atoms with Crippen molar-refractivity contribution in [3.8, 4) is 0 Å². The second-order valence-electron chi connectivity index (χ2n) is 9.78. The predicted octanol–water partition coefficient (Wildman–Crippen LogP) is 9.56. The number of ether oxygens (including phenoxy) is 1. The normalized spacial score (nSPS) is 28.3. The standard InChI is InChI=1S/C28H20F12O/c1-12-2-4-16(18(30)6-12)13-3-5-17(29)24(19(31)7-13)14-8-20(32)26(21(33)9-14)28(39,40)41-15-10-22(34)25(23(35)11-15)27(36,37)38/h2,4-5,8,10,15,18-19,21H,6-7,9,11H2,1H3. The van der Waals surface area contributed by atoms with Crippen LogP contribution in [0.3, 0.4) is 0 Å². The van der Waals surface area contributed by atoms with Crippen LogP contribution in [0.2, 0.25) is 0 Å². The average Bonchev–Trinajstić information content (AvgIpc) is 2.94. The van der Waals surface area contributed by atoms with Gasteiger partial charge in [-0.1, -0.05) is 17.7 Å². The van der Waals surface area contributed by atoms with Gasteiger partial charge in [0.15, 0.2) is 0 Å². The molecule has 0 heterocycles. The van der Waals surface area contributed by atoms with Crippen molar-refractivity contribution in [2.45, 2.75) is 69.5 Å². The molecule has 0 radical (unpaired) electrons. The molecule has 4 atom stereocenters. The third-order valence-electron chi connectivity index (χ3n) is 6.80. The van der Waals surface area contributed by atoms with E-state index in [0.29, 0.717) is 11.6 Å². The number of allylic oxidation sites excluding steroid dienone is 12. The Hall–Kier alpha value is -3.18. The van der Waals surface area contributed by atoms with E-state index in [-0.39, 0.29) is 29.7 Å². The van der Waals surface area contributed by atoms with Crippen LogP contribution in [0.1, 0.15) is 32.6 Å². The van der Waals surface area contributed by atoms with Crippen LogP contribution in [0, 0.1) is 0 Å². The van der Waals surface area contributed by atoms with Crippen LogP contribution in [-0.2, 0) is 4.74 Å². The maximum atomic E-state index is 15.3. The first kappa shape index (κ1) is 30.8. The fourth-order valence-electron chi connectivity index (χ4n) is 4.94. The molecule has 0 spiro atoms. The summed E-state index contributed by atoms with van der Waals surface area (Å²) in [5, 5.41) is 0. The Bertz CT molecular complexity index is 1410. The highest BCUT2D eigenvalue weighted by Gasteiger charge is 2.49. The molecule has 4 aliphatic rings. The fraction of sp³-hybridized carbons (Fsp3) is 0.393. The summed E-state index contributed by atoms with van der Waals surface area (Å²) in [5.41, 5.74) is -2.68. The van der Waals surface area contributed by atoms with Crippen molar-refractivity contribution < 1.29 is 57.4 Å². The number of halogens is 12. The lowest BCUT2D eigenvalue weighted by Gasteiger charge is -2.30. The summed E-state index contributed by atoms with van der Waals surface area (Å²) in [5.74, 6) is -7.74. The van der Waals surface area contributed by atoms with Gasteiger partial charge in [0.05, 0.1) is 11.7 Å². The van der Waals surface area contributed by atoms with Gasteiger partial charge in [-0.25, -0.2) is 30.7 Å². The van der Waals surface area contributed by atoms with Gasteiger partial charge in [-0.15, -0.1) is 5.73 Å². The molecular formula is C28H20F12O. The topological polar surface area (TPSA) is 9.23 Å². The first-order chi connectivity index (χ1) is 19.0. The minimum atomic E-state index is -5.47. The van der Waals surface area contributed by atoms with Crippen LogP contribution in [-0.4, -0.2) is 36.9 Å².